The van der Waals surface area contributed by atoms with Crippen molar-refractivity contribution in [1.29, 1.82) is 0 Å². The van der Waals surface area contributed by atoms with Crippen molar-refractivity contribution in [3.63, 3.8) is 0 Å². The smallest absolute Gasteiger partial charge is 0.223 e. The average molecular weight is 327 g/mol. The largest absolute Gasteiger partial charge is 0.496 e. The fourth-order valence-corrected chi connectivity index (χ4v) is 2.95. The van der Waals surface area contributed by atoms with Crippen molar-refractivity contribution in [2.24, 2.45) is 0 Å². The number of benzene rings is 1. The number of para-hydroxylation sites is 1. The van der Waals surface area contributed by atoms with Gasteiger partial charge in [0, 0.05) is 25.6 Å². The van der Waals surface area contributed by atoms with Crippen molar-refractivity contribution in [2.75, 3.05) is 26.7 Å². The van der Waals surface area contributed by atoms with E-state index in [4.69, 9.17) is 4.74 Å². The first-order valence-corrected chi connectivity index (χ1v) is 7.88. The van der Waals surface area contributed by atoms with Crippen LogP contribution < -0.4 is 10.1 Å². The molecule has 1 aliphatic rings. The van der Waals surface area contributed by atoms with Gasteiger partial charge in [0.1, 0.15) is 5.75 Å². The zero-order valence-corrected chi connectivity index (χ0v) is 14.3. The highest BCUT2D eigenvalue weighted by atomic mass is 35.5. The standard InChI is InChI=1S/C17H26N2O2.ClH/c1-3-12-19(15-10-11-18-13-15)17(20)9-8-14-6-4-5-7-16(14)21-2;/h4-7,15,18H,3,8-13H2,1-2H3;1H. The summed E-state index contributed by atoms with van der Waals surface area (Å²) in [5.74, 6) is 1.13. The number of rotatable bonds is 7. The molecule has 1 heterocycles. The van der Waals surface area contributed by atoms with E-state index in [1.54, 1.807) is 7.11 Å². The van der Waals surface area contributed by atoms with E-state index in [1.807, 2.05) is 24.3 Å². The Morgan fingerprint density at radius 3 is 2.82 bits per heavy atom. The normalized spacial score (nSPS) is 16.9. The van der Waals surface area contributed by atoms with Gasteiger partial charge in [-0.25, -0.2) is 0 Å². The maximum absolute atomic E-state index is 12.6. The summed E-state index contributed by atoms with van der Waals surface area (Å²) >= 11 is 0. The van der Waals surface area contributed by atoms with Gasteiger partial charge in [-0.2, -0.15) is 0 Å². The van der Waals surface area contributed by atoms with Gasteiger partial charge >= 0.3 is 0 Å². The number of amides is 1. The van der Waals surface area contributed by atoms with Crippen LogP contribution >= 0.6 is 12.4 Å². The molecule has 1 N–H and O–H groups in total. The van der Waals surface area contributed by atoms with Crippen LogP contribution in [0.3, 0.4) is 0 Å². The average Bonchev–Trinajstić information content (AvgIpc) is 3.04. The number of aryl methyl sites for hydroxylation is 1. The summed E-state index contributed by atoms with van der Waals surface area (Å²) in [5.41, 5.74) is 1.11. The Kier molecular flexibility index (Phi) is 8.28. The molecule has 1 atom stereocenters. The lowest BCUT2D eigenvalue weighted by atomic mass is 10.1. The minimum Gasteiger partial charge on any atom is -0.496 e. The van der Waals surface area contributed by atoms with Gasteiger partial charge in [0.2, 0.25) is 5.91 Å². The van der Waals surface area contributed by atoms with E-state index in [-0.39, 0.29) is 18.3 Å². The maximum atomic E-state index is 12.6. The van der Waals surface area contributed by atoms with E-state index in [1.165, 1.54) is 0 Å². The minimum atomic E-state index is 0. The van der Waals surface area contributed by atoms with Crippen LogP contribution in [0, 0.1) is 0 Å². The molecule has 0 radical (unpaired) electrons. The summed E-state index contributed by atoms with van der Waals surface area (Å²) in [4.78, 5) is 14.6. The highest BCUT2D eigenvalue weighted by molar-refractivity contribution is 5.85. The van der Waals surface area contributed by atoms with Crippen LogP contribution in [0.2, 0.25) is 0 Å². The highest BCUT2D eigenvalue weighted by Gasteiger charge is 2.25. The second-order valence-electron chi connectivity index (χ2n) is 5.55. The van der Waals surface area contributed by atoms with Crippen molar-refractivity contribution in [3.05, 3.63) is 29.8 Å². The number of nitrogens with one attached hydrogen (secondary N) is 1. The highest BCUT2D eigenvalue weighted by Crippen LogP contribution is 2.20. The van der Waals surface area contributed by atoms with Crippen LogP contribution in [0.15, 0.2) is 24.3 Å². The molecule has 1 fully saturated rings. The fraction of sp³-hybridized carbons (Fsp3) is 0.588. The molecule has 0 aliphatic carbocycles. The number of hydrogen-bond donors (Lipinski definition) is 1. The number of methoxy groups -OCH3 is 1. The Balaban J connectivity index is 0.00000242. The summed E-state index contributed by atoms with van der Waals surface area (Å²) in [6.45, 7) is 4.94. The minimum absolute atomic E-state index is 0. The number of halogens is 1. The molecule has 5 heteroatoms. The first-order chi connectivity index (χ1) is 10.3. The molecule has 1 aliphatic heterocycles. The van der Waals surface area contributed by atoms with Gasteiger partial charge in [-0.3, -0.25) is 4.79 Å². The van der Waals surface area contributed by atoms with Crippen molar-refractivity contribution < 1.29 is 9.53 Å². The summed E-state index contributed by atoms with van der Waals surface area (Å²) in [6.07, 6.45) is 3.37. The van der Waals surface area contributed by atoms with Gasteiger partial charge < -0.3 is 15.0 Å². The van der Waals surface area contributed by atoms with Crippen LogP contribution in [0.25, 0.3) is 0 Å². The number of hydrogen-bond acceptors (Lipinski definition) is 3. The van der Waals surface area contributed by atoms with Gasteiger partial charge in [-0.05, 0) is 37.4 Å². The SMILES string of the molecule is CCCN(C(=O)CCc1ccccc1OC)C1CCNC1.Cl. The fourth-order valence-electron chi connectivity index (χ4n) is 2.95. The Hall–Kier alpha value is -1.26. The molecule has 1 aromatic rings. The van der Waals surface area contributed by atoms with E-state index >= 15 is 0 Å². The van der Waals surface area contributed by atoms with Gasteiger partial charge in [-0.15, -0.1) is 12.4 Å². The second-order valence-corrected chi connectivity index (χ2v) is 5.55. The molecule has 0 bridgehead atoms. The second kappa shape index (κ2) is 9.70. The topological polar surface area (TPSA) is 41.6 Å². The van der Waals surface area contributed by atoms with Gasteiger partial charge in [-0.1, -0.05) is 25.1 Å². The molecule has 1 unspecified atom stereocenters. The Labute approximate surface area is 139 Å². The Morgan fingerprint density at radius 2 is 2.18 bits per heavy atom. The Bertz CT molecular complexity index is 462. The number of carbonyl (C=O) groups excluding carboxylic acids is 1. The molecule has 124 valence electrons. The zero-order chi connectivity index (χ0) is 15.1. The van der Waals surface area contributed by atoms with Crippen molar-refractivity contribution in [3.8, 4) is 5.75 Å². The third kappa shape index (κ3) is 4.89. The molecule has 2 rings (SSSR count). The molecular formula is C17H27ClN2O2. The van der Waals surface area contributed by atoms with Crippen molar-refractivity contribution in [1.82, 2.24) is 10.2 Å². The molecule has 1 aromatic carbocycles. The van der Waals surface area contributed by atoms with Crippen LogP contribution in [-0.2, 0) is 11.2 Å². The van der Waals surface area contributed by atoms with E-state index < -0.39 is 0 Å². The molecule has 0 spiro atoms. The zero-order valence-electron chi connectivity index (χ0n) is 13.5. The first-order valence-electron chi connectivity index (χ1n) is 7.88. The van der Waals surface area contributed by atoms with Crippen LogP contribution in [0.1, 0.15) is 31.7 Å². The predicted octanol–water partition coefficient (Wildman–Crippen LogP) is 2.65. The number of nitrogens with zero attached hydrogens (tertiary/aromatic N) is 1. The summed E-state index contributed by atoms with van der Waals surface area (Å²) < 4.78 is 5.35. The first kappa shape index (κ1) is 18.8. The lowest BCUT2D eigenvalue weighted by Crippen LogP contribution is -2.42. The summed E-state index contributed by atoms with van der Waals surface area (Å²) in [6, 6.07) is 8.30. The van der Waals surface area contributed by atoms with Crippen LogP contribution in [-0.4, -0.2) is 43.6 Å². The monoisotopic (exact) mass is 326 g/mol. The molecule has 1 amide bonds. The lowest BCUT2D eigenvalue weighted by molar-refractivity contribution is -0.133. The van der Waals surface area contributed by atoms with Crippen molar-refractivity contribution in [2.45, 2.75) is 38.6 Å². The van der Waals surface area contributed by atoms with Crippen LogP contribution in [0.5, 0.6) is 5.75 Å². The molecule has 0 aromatic heterocycles. The molecule has 1 saturated heterocycles. The van der Waals surface area contributed by atoms with Crippen LogP contribution in [0.4, 0.5) is 0 Å². The molecule has 0 saturated carbocycles. The maximum Gasteiger partial charge on any atom is 0.223 e. The van der Waals surface area contributed by atoms with Gasteiger partial charge in [0.15, 0.2) is 0 Å². The van der Waals surface area contributed by atoms with E-state index in [9.17, 15) is 4.79 Å². The molecule has 4 nitrogen and oxygen atoms in total. The number of carbonyl (C=O) groups is 1. The molecule has 22 heavy (non-hydrogen) atoms. The van der Waals surface area contributed by atoms with E-state index in [2.05, 4.69) is 17.1 Å². The Morgan fingerprint density at radius 1 is 1.41 bits per heavy atom. The summed E-state index contributed by atoms with van der Waals surface area (Å²) in [5, 5.41) is 3.34. The predicted molar refractivity (Wildman–Crippen MR) is 91.8 cm³/mol. The molecular weight excluding hydrogens is 300 g/mol. The van der Waals surface area contributed by atoms with E-state index in [0.717, 1.165) is 50.2 Å². The quantitative estimate of drug-likeness (QED) is 0.837. The number of ether oxygens (including phenoxy) is 1. The van der Waals surface area contributed by atoms with E-state index in [0.29, 0.717) is 12.5 Å². The van der Waals surface area contributed by atoms with Gasteiger partial charge in [0.05, 0.1) is 7.11 Å². The lowest BCUT2D eigenvalue weighted by Gasteiger charge is -2.28. The summed E-state index contributed by atoms with van der Waals surface area (Å²) in [7, 11) is 1.67. The third-order valence-electron chi connectivity index (χ3n) is 4.06. The van der Waals surface area contributed by atoms with Crippen molar-refractivity contribution >= 4 is 18.3 Å². The third-order valence-corrected chi connectivity index (χ3v) is 4.06. The van der Waals surface area contributed by atoms with Gasteiger partial charge in [0.25, 0.3) is 0 Å².